The number of carbonyl (C=O) groups is 1. The number of hydrogen-bond acceptors (Lipinski definition) is 5. The number of aromatic nitrogens is 2. The van der Waals surface area contributed by atoms with E-state index in [1.807, 2.05) is 36.7 Å². The fourth-order valence-electron chi connectivity index (χ4n) is 3.01. The minimum Gasteiger partial charge on any atom is -0.489 e. The molecule has 0 saturated carbocycles. The zero-order valence-corrected chi connectivity index (χ0v) is 16.7. The van der Waals surface area contributed by atoms with Crippen LogP contribution in [0.5, 0.6) is 5.75 Å². The highest BCUT2D eigenvalue weighted by atomic mass is 16.5. The van der Waals surface area contributed by atoms with Gasteiger partial charge in [-0.2, -0.15) is 0 Å². The molecule has 0 unspecified atom stereocenters. The highest BCUT2D eigenvalue weighted by Gasteiger charge is 2.15. The summed E-state index contributed by atoms with van der Waals surface area (Å²) in [5.41, 5.74) is 1.96. The van der Waals surface area contributed by atoms with Crippen LogP contribution in [-0.2, 0) is 17.8 Å². The lowest BCUT2D eigenvalue weighted by Gasteiger charge is -2.10. The molecule has 0 spiro atoms. The van der Waals surface area contributed by atoms with Crippen molar-refractivity contribution in [3.63, 3.8) is 0 Å². The van der Waals surface area contributed by atoms with Gasteiger partial charge in [0.25, 0.3) is 0 Å². The Labute approximate surface area is 169 Å². The second kappa shape index (κ2) is 9.23. The molecule has 3 rings (SSSR count). The minimum atomic E-state index is -0.499. The molecule has 0 fully saturated rings. The van der Waals surface area contributed by atoms with Crippen LogP contribution in [0.3, 0.4) is 0 Å². The summed E-state index contributed by atoms with van der Waals surface area (Å²) < 4.78 is 13.0. The summed E-state index contributed by atoms with van der Waals surface area (Å²) in [7, 11) is 0. The average molecular weight is 395 g/mol. The second-order valence-electron chi connectivity index (χ2n) is 7.08. The number of carbonyl (C=O) groups excluding carboxylic acids is 1. The summed E-state index contributed by atoms with van der Waals surface area (Å²) in [6.07, 6.45) is 6.10. The summed E-state index contributed by atoms with van der Waals surface area (Å²) >= 11 is 0. The molecular formula is C22H25N3O4. The Kier molecular flexibility index (Phi) is 6.49. The SMILES string of the molecule is C=C(C)COc1ccc2c(C)c(CC(=O)NCCCn3ccnc3)c(=O)oc2c1. The lowest BCUT2D eigenvalue weighted by atomic mass is 10.0. The van der Waals surface area contributed by atoms with Crippen molar-refractivity contribution in [3.8, 4) is 5.75 Å². The van der Waals surface area contributed by atoms with Crippen LogP contribution in [0.2, 0.25) is 0 Å². The van der Waals surface area contributed by atoms with E-state index >= 15 is 0 Å². The number of nitrogens with one attached hydrogen (secondary N) is 1. The van der Waals surface area contributed by atoms with Crippen molar-refractivity contribution in [3.05, 3.63) is 70.6 Å². The van der Waals surface area contributed by atoms with Crippen LogP contribution >= 0.6 is 0 Å². The Balaban J connectivity index is 1.65. The molecule has 2 aromatic heterocycles. The lowest BCUT2D eigenvalue weighted by Crippen LogP contribution is -2.29. The quantitative estimate of drug-likeness (QED) is 0.342. The van der Waals surface area contributed by atoms with Crippen LogP contribution in [-0.4, -0.2) is 28.6 Å². The van der Waals surface area contributed by atoms with Gasteiger partial charge in [0.2, 0.25) is 5.91 Å². The second-order valence-corrected chi connectivity index (χ2v) is 7.08. The van der Waals surface area contributed by atoms with Crippen molar-refractivity contribution < 1.29 is 13.9 Å². The molecule has 1 N–H and O–H groups in total. The van der Waals surface area contributed by atoms with E-state index in [0.717, 1.165) is 29.5 Å². The normalized spacial score (nSPS) is 10.8. The Morgan fingerprint density at radius 3 is 2.93 bits per heavy atom. The third-order valence-electron chi connectivity index (χ3n) is 4.56. The van der Waals surface area contributed by atoms with Crippen molar-refractivity contribution in [1.29, 1.82) is 0 Å². The molecular weight excluding hydrogens is 370 g/mol. The van der Waals surface area contributed by atoms with E-state index in [1.54, 1.807) is 18.6 Å². The predicted octanol–water partition coefficient (Wildman–Crippen LogP) is 3.00. The smallest absolute Gasteiger partial charge is 0.340 e. The van der Waals surface area contributed by atoms with Crippen molar-refractivity contribution in [2.75, 3.05) is 13.2 Å². The molecule has 1 aromatic carbocycles. The molecule has 7 nitrogen and oxygen atoms in total. The molecule has 3 aromatic rings. The number of hydrogen-bond donors (Lipinski definition) is 1. The molecule has 2 heterocycles. The van der Waals surface area contributed by atoms with Gasteiger partial charge in [-0.15, -0.1) is 0 Å². The maximum Gasteiger partial charge on any atom is 0.340 e. The van der Waals surface area contributed by atoms with E-state index in [4.69, 9.17) is 9.15 Å². The van der Waals surface area contributed by atoms with E-state index in [0.29, 0.717) is 30.0 Å². The Bertz CT molecular complexity index is 1070. The van der Waals surface area contributed by atoms with Gasteiger partial charge < -0.3 is 19.0 Å². The van der Waals surface area contributed by atoms with E-state index in [-0.39, 0.29) is 12.3 Å². The Morgan fingerprint density at radius 2 is 2.21 bits per heavy atom. The van der Waals surface area contributed by atoms with Gasteiger partial charge in [0, 0.05) is 36.9 Å². The molecule has 0 bridgehead atoms. The number of amides is 1. The van der Waals surface area contributed by atoms with Crippen molar-refractivity contribution in [1.82, 2.24) is 14.9 Å². The van der Waals surface area contributed by atoms with Crippen molar-refractivity contribution in [2.24, 2.45) is 0 Å². The highest BCUT2D eigenvalue weighted by Crippen LogP contribution is 2.24. The summed E-state index contributed by atoms with van der Waals surface area (Å²) in [5.74, 6) is 0.401. The third kappa shape index (κ3) is 5.34. The van der Waals surface area contributed by atoms with Gasteiger partial charge in [0.15, 0.2) is 0 Å². The largest absolute Gasteiger partial charge is 0.489 e. The van der Waals surface area contributed by atoms with E-state index in [9.17, 15) is 9.59 Å². The van der Waals surface area contributed by atoms with E-state index in [2.05, 4.69) is 16.9 Å². The molecule has 7 heteroatoms. The molecule has 152 valence electrons. The first-order valence-electron chi connectivity index (χ1n) is 9.50. The molecule has 0 aliphatic heterocycles. The predicted molar refractivity (Wildman–Crippen MR) is 111 cm³/mol. The van der Waals surface area contributed by atoms with Gasteiger partial charge in [-0.05, 0) is 43.5 Å². The maximum atomic E-state index is 12.4. The molecule has 0 aliphatic rings. The maximum absolute atomic E-state index is 12.4. The first-order chi connectivity index (χ1) is 13.9. The third-order valence-corrected chi connectivity index (χ3v) is 4.56. The van der Waals surface area contributed by atoms with Crippen LogP contribution in [0.15, 0.2) is 58.3 Å². The Hall–Kier alpha value is -3.35. The number of nitrogens with zero attached hydrogens (tertiary/aromatic N) is 2. The van der Waals surface area contributed by atoms with Gasteiger partial charge in [-0.3, -0.25) is 4.79 Å². The first kappa shape index (κ1) is 20.4. The fourth-order valence-corrected chi connectivity index (χ4v) is 3.01. The number of ether oxygens (including phenoxy) is 1. The van der Waals surface area contributed by atoms with E-state index < -0.39 is 5.63 Å². The number of aryl methyl sites for hydroxylation is 2. The fraction of sp³-hybridized carbons (Fsp3) is 0.318. The molecule has 1 amide bonds. The molecule has 29 heavy (non-hydrogen) atoms. The Morgan fingerprint density at radius 1 is 1.38 bits per heavy atom. The van der Waals surface area contributed by atoms with Crippen molar-refractivity contribution >= 4 is 16.9 Å². The van der Waals surface area contributed by atoms with Gasteiger partial charge in [-0.25, -0.2) is 9.78 Å². The summed E-state index contributed by atoms with van der Waals surface area (Å²) in [6.45, 7) is 9.20. The molecule has 0 aliphatic carbocycles. The minimum absolute atomic E-state index is 0.0108. The molecule has 0 radical (unpaired) electrons. The number of imidazole rings is 1. The average Bonchev–Trinajstić information content (AvgIpc) is 3.20. The van der Waals surface area contributed by atoms with E-state index in [1.165, 1.54) is 0 Å². The summed E-state index contributed by atoms with van der Waals surface area (Å²) in [6, 6.07) is 5.35. The standard InChI is InChI=1S/C22H25N3O4/c1-15(2)13-28-17-5-6-18-16(3)19(22(27)29-20(18)11-17)12-21(26)24-7-4-9-25-10-8-23-14-25/h5-6,8,10-11,14H,1,4,7,9,12-13H2,2-3H3,(H,24,26). The van der Waals surface area contributed by atoms with Crippen molar-refractivity contribution in [2.45, 2.75) is 33.2 Å². The van der Waals surface area contributed by atoms with Crippen LogP contribution in [0.4, 0.5) is 0 Å². The zero-order valence-electron chi connectivity index (χ0n) is 16.7. The van der Waals surface area contributed by atoms with Gasteiger partial charge in [0.1, 0.15) is 17.9 Å². The van der Waals surface area contributed by atoms with Crippen LogP contribution in [0.1, 0.15) is 24.5 Å². The van der Waals surface area contributed by atoms with Crippen LogP contribution < -0.4 is 15.7 Å². The monoisotopic (exact) mass is 395 g/mol. The lowest BCUT2D eigenvalue weighted by molar-refractivity contribution is -0.120. The number of benzene rings is 1. The van der Waals surface area contributed by atoms with Gasteiger partial charge in [-0.1, -0.05) is 6.58 Å². The molecule has 0 atom stereocenters. The molecule has 0 saturated heterocycles. The van der Waals surface area contributed by atoms with Crippen LogP contribution in [0, 0.1) is 6.92 Å². The number of fused-ring (bicyclic) bond motifs is 1. The van der Waals surface area contributed by atoms with Gasteiger partial charge >= 0.3 is 5.63 Å². The van der Waals surface area contributed by atoms with Gasteiger partial charge in [0.05, 0.1) is 18.3 Å². The highest BCUT2D eigenvalue weighted by molar-refractivity contribution is 5.85. The topological polar surface area (TPSA) is 86.4 Å². The number of rotatable bonds is 9. The summed E-state index contributed by atoms with van der Waals surface area (Å²) in [5, 5.41) is 3.64. The summed E-state index contributed by atoms with van der Waals surface area (Å²) in [4.78, 5) is 28.7. The van der Waals surface area contributed by atoms with Crippen LogP contribution in [0.25, 0.3) is 11.0 Å². The zero-order chi connectivity index (χ0) is 20.8. The first-order valence-corrected chi connectivity index (χ1v) is 9.50.